The zero-order valence-electron chi connectivity index (χ0n) is 20.2. The molecule has 1 aromatic carbocycles. The first-order chi connectivity index (χ1) is 17.8. The molecule has 13 heteroatoms. The van der Waals surface area contributed by atoms with E-state index in [0.29, 0.717) is 11.9 Å². The molecule has 10 nitrogen and oxygen atoms in total. The van der Waals surface area contributed by atoms with Gasteiger partial charge in [-0.25, -0.2) is 4.39 Å². The fourth-order valence-electron chi connectivity index (χ4n) is 6.32. The second-order valence-electron chi connectivity index (χ2n) is 10.4. The summed E-state index contributed by atoms with van der Waals surface area (Å²) < 4.78 is 23.2. The van der Waals surface area contributed by atoms with Gasteiger partial charge in [-0.1, -0.05) is 22.5 Å². The van der Waals surface area contributed by atoms with Crippen molar-refractivity contribution in [1.82, 2.24) is 35.4 Å². The van der Waals surface area contributed by atoms with E-state index in [4.69, 9.17) is 17.2 Å². The first kappa shape index (κ1) is 23.1. The molecule has 3 saturated heterocycles. The fourth-order valence-corrected chi connectivity index (χ4v) is 7.92. The topological polar surface area (TPSA) is 114 Å². The third-order valence-electron chi connectivity index (χ3n) is 7.91. The maximum atomic E-state index is 15.4. The van der Waals surface area contributed by atoms with Gasteiger partial charge in [-0.05, 0) is 32.3 Å². The van der Waals surface area contributed by atoms with Crippen LogP contribution in [0.3, 0.4) is 0 Å². The van der Waals surface area contributed by atoms with Crippen molar-refractivity contribution in [3.05, 3.63) is 36.0 Å². The Kier molecular flexibility index (Phi) is 5.14. The number of aryl methyl sites for hydroxylation is 1. The van der Waals surface area contributed by atoms with Gasteiger partial charge >= 0.3 is 0 Å². The number of fused-ring (bicyclic) bond motifs is 1. The summed E-state index contributed by atoms with van der Waals surface area (Å²) in [5.74, 6) is 0.266. The van der Waals surface area contributed by atoms with Crippen LogP contribution in [0, 0.1) is 0 Å². The predicted octanol–water partition coefficient (Wildman–Crippen LogP) is 3.43. The van der Waals surface area contributed by atoms with E-state index in [0.717, 1.165) is 44.8 Å². The molecule has 37 heavy (non-hydrogen) atoms. The molecule has 0 bridgehead atoms. The number of nitrogens with one attached hydrogen (secondary N) is 2. The smallest absolute Gasteiger partial charge is 0.273 e. The molecule has 0 radical (unpaired) electrons. The number of hydrogen-bond acceptors (Lipinski definition) is 10. The lowest BCUT2D eigenvalue weighted by atomic mass is 9.59. The van der Waals surface area contributed by atoms with Crippen molar-refractivity contribution in [2.24, 2.45) is 7.05 Å². The van der Waals surface area contributed by atoms with E-state index in [-0.39, 0.29) is 41.7 Å². The van der Waals surface area contributed by atoms with E-state index in [1.807, 2.05) is 18.2 Å². The number of hydrogen-bond donors (Lipinski definition) is 3. The highest BCUT2D eigenvalue weighted by Gasteiger charge is 2.66. The Morgan fingerprint density at radius 3 is 3.03 bits per heavy atom. The van der Waals surface area contributed by atoms with Gasteiger partial charge in [0.1, 0.15) is 6.17 Å². The van der Waals surface area contributed by atoms with Crippen LogP contribution in [0.15, 0.2) is 33.8 Å². The zero-order valence-corrected chi connectivity index (χ0v) is 21.9. The lowest BCUT2D eigenvalue weighted by Crippen LogP contribution is -2.83. The van der Waals surface area contributed by atoms with E-state index in [2.05, 4.69) is 42.9 Å². The third kappa shape index (κ3) is 3.58. The predicted molar refractivity (Wildman–Crippen MR) is 139 cm³/mol. The van der Waals surface area contributed by atoms with E-state index >= 15 is 4.39 Å². The first-order valence-electron chi connectivity index (χ1n) is 12.2. The molecule has 1 amide bonds. The summed E-state index contributed by atoms with van der Waals surface area (Å²) in [7, 11) is 1.68. The highest BCUT2D eigenvalue weighted by atomic mass is 32.1. The standard InChI is InChI=1S/C24H25FN8O2S2/c1-24-7-11-6-14(18(25)16(8-24)33(11)24)27-13-5-3-4-12-19(36)21(37-20(12)13)22-28-17(35-30-22)9-26-23(34)15-10-32(2)31-29-15/h3-5,10-11,14,16,18,27,36H,6-9H2,1-2H3,(H,26,34)/t11-,14+,16?,18+,24?/m0/s1. The zero-order chi connectivity index (χ0) is 25.5. The summed E-state index contributed by atoms with van der Waals surface area (Å²) in [5.41, 5.74) is 1.33. The number of alkyl halides is 1. The first-order valence-corrected chi connectivity index (χ1v) is 13.5. The molecule has 2 N–H and O–H groups in total. The number of anilines is 1. The fraction of sp³-hybridized carbons (Fsp3) is 0.458. The minimum atomic E-state index is -0.897. The quantitative estimate of drug-likeness (QED) is 0.319. The van der Waals surface area contributed by atoms with Gasteiger partial charge in [0.2, 0.25) is 11.7 Å². The molecule has 0 saturated carbocycles. The van der Waals surface area contributed by atoms with Gasteiger partial charge < -0.3 is 15.2 Å². The number of halogens is 1. The van der Waals surface area contributed by atoms with Gasteiger partial charge in [-0.2, -0.15) is 4.98 Å². The Labute approximate surface area is 221 Å². The van der Waals surface area contributed by atoms with Crippen molar-refractivity contribution in [3.8, 4) is 10.7 Å². The normalized spacial score (nSPS) is 28.4. The molecular weight excluding hydrogens is 515 g/mol. The molecule has 0 aliphatic carbocycles. The number of benzene rings is 1. The van der Waals surface area contributed by atoms with Crippen molar-refractivity contribution >= 4 is 45.6 Å². The Morgan fingerprint density at radius 2 is 2.24 bits per heavy atom. The Morgan fingerprint density at radius 1 is 1.38 bits per heavy atom. The van der Waals surface area contributed by atoms with Gasteiger partial charge in [0.15, 0.2) is 5.69 Å². The van der Waals surface area contributed by atoms with Crippen LogP contribution in [-0.4, -0.2) is 65.8 Å². The monoisotopic (exact) mass is 540 g/mol. The summed E-state index contributed by atoms with van der Waals surface area (Å²) in [6, 6.07) is 6.22. The third-order valence-corrected chi connectivity index (χ3v) is 9.76. The largest absolute Gasteiger partial charge is 0.378 e. The maximum Gasteiger partial charge on any atom is 0.273 e. The van der Waals surface area contributed by atoms with Crippen molar-refractivity contribution in [3.63, 3.8) is 0 Å². The summed E-state index contributed by atoms with van der Waals surface area (Å²) in [4.78, 5) is 20.5. The molecule has 3 fully saturated rings. The molecule has 4 aromatic rings. The van der Waals surface area contributed by atoms with E-state index in [9.17, 15) is 4.79 Å². The van der Waals surface area contributed by atoms with E-state index in [1.165, 1.54) is 22.2 Å². The van der Waals surface area contributed by atoms with Crippen LogP contribution < -0.4 is 10.6 Å². The van der Waals surface area contributed by atoms with Crippen LogP contribution in [0.4, 0.5) is 10.1 Å². The molecule has 3 aromatic heterocycles. The highest BCUT2D eigenvalue weighted by molar-refractivity contribution is 7.81. The van der Waals surface area contributed by atoms with Gasteiger partial charge in [-0.3, -0.25) is 14.4 Å². The summed E-state index contributed by atoms with van der Waals surface area (Å²) in [6.45, 7) is 2.30. The second kappa shape index (κ2) is 8.23. The lowest BCUT2D eigenvalue weighted by Gasteiger charge is -2.73. The highest BCUT2D eigenvalue weighted by Crippen LogP contribution is 2.57. The molecule has 7 rings (SSSR count). The Balaban J connectivity index is 1.10. The molecule has 2 unspecified atom stereocenters. The lowest BCUT2D eigenvalue weighted by molar-refractivity contribution is -0.231. The van der Waals surface area contributed by atoms with Crippen LogP contribution in [0.25, 0.3) is 20.8 Å². The molecule has 0 spiro atoms. The number of thiophene rings is 1. The number of thiol groups is 1. The summed E-state index contributed by atoms with van der Waals surface area (Å²) in [6.07, 6.45) is 3.53. The van der Waals surface area contributed by atoms with Gasteiger partial charge in [0.25, 0.3) is 5.91 Å². The molecular formula is C24H25FN8O2S2. The SMILES string of the molecule is Cn1cc(C(=O)NCc2nc(-c3sc4c(N[C@@H]5C[C@H]6CC7(C)CC([C@@H]5F)N67)cccc4c3S)no2)nn1. The number of nitrogens with zero attached hydrogens (tertiary/aromatic N) is 6. The Hall–Kier alpha value is -3.03. The number of piperidine rings is 2. The number of carbonyl (C=O) groups is 1. The average Bonchev–Trinajstić information content (AvgIpc) is 3.59. The van der Waals surface area contributed by atoms with E-state index < -0.39 is 6.17 Å². The average molecular weight is 541 g/mol. The van der Waals surface area contributed by atoms with Crippen LogP contribution in [0.2, 0.25) is 0 Å². The number of amides is 1. The minimum absolute atomic E-state index is 0.0284. The minimum Gasteiger partial charge on any atom is -0.378 e. The van der Waals surface area contributed by atoms with Gasteiger partial charge in [0.05, 0.1) is 34.0 Å². The van der Waals surface area contributed by atoms with Crippen LogP contribution in [-0.2, 0) is 13.6 Å². The summed E-state index contributed by atoms with van der Waals surface area (Å²) >= 11 is 6.25. The molecule has 6 heterocycles. The molecule has 5 atom stereocenters. The Bertz CT molecular complexity index is 1530. The van der Waals surface area contributed by atoms with E-state index in [1.54, 1.807) is 7.05 Å². The second-order valence-corrected chi connectivity index (χ2v) is 11.9. The van der Waals surface area contributed by atoms with Crippen LogP contribution in [0.1, 0.15) is 42.6 Å². The van der Waals surface area contributed by atoms with Gasteiger partial charge in [0, 0.05) is 35.0 Å². The number of aromatic nitrogens is 5. The number of rotatable bonds is 6. The van der Waals surface area contributed by atoms with Crippen molar-refractivity contribution < 1.29 is 13.7 Å². The number of carbonyl (C=O) groups excluding carboxylic acids is 1. The molecule has 3 aliphatic heterocycles. The van der Waals surface area contributed by atoms with Crippen LogP contribution in [0.5, 0.6) is 0 Å². The van der Waals surface area contributed by atoms with Crippen LogP contribution >= 0.6 is 24.0 Å². The summed E-state index contributed by atoms with van der Waals surface area (Å²) in [5, 5.41) is 18.8. The molecule has 3 aliphatic rings. The van der Waals surface area contributed by atoms with Crippen molar-refractivity contribution in [2.45, 2.75) is 67.5 Å². The van der Waals surface area contributed by atoms with Crippen molar-refractivity contribution in [2.75, 3.05) is 5.32 Å². The molecule has 192 valence electrons. The maximum absolute atomic E-state index is 15.4. The van der Waals surface area contributed by atoms with Gasteiger partial charge in [-0.15, -0.1) is 29.1 Å². The van der Waals surface area contributed by atoms with Crippen molar-refractivity contribution in [1.29, 1.82) is 0 Å².